The molecule has 4 rings (SSSR count). The Labute approximate surface area is 183 Å². The minimum absolute atomic E-state index is 0.0459. The quantitative estimate of drug-likeness (QED) is 0.742. The number of aromatic nitrogens is 3. The van der Waals surface area contributed by atoms with Gasteiger partial charge in [0.2, 0.25) is 5.91 Å². The van der Waals surface area contributed by atoms with Crippen molar-refractivity contribution in [3.63, 3.8) is 0 Å². The summed E-state index contributed by atoms with van der Waals surface area (Å²) in [5.74, 6) is 0.574. The molecule has 2 aliphatic rings. The Balaban J connectivity index is 1.30. The Morgan fingerprint density at radius 1 is 1.19 bits per heavy atom. The van der Waals surface area contributed by atoms with E-state index in [1.165, 1.54) is 12.8 Å². The zero-order chi connectivity index (χ0) is 21.8. The van der Waals surface area contributed by atoms with Crippen LogP contribution in [0, 0.1) is 0 Å². The number of anilines is 1. The summed E-state index contributed by atoms with van der Waals surface area (Å²) >= 11 is 0. The lowest BCUT2D eigenvalue weighted by atomic mass is 9.92. The minimum atomic E-state index is -0.129. The van der Waals surface area contributed by atoms with Crippen LogP contribution in [-0.2, 0) is 4.79 Å². The van der Waals surface area contributed by atoms with E-state index in [0.29, 0.717) is 30.9 Å². The second kappa shape index (κ2) is 9.49. The molecule has 0 bridgehead atoms. The molecule has 8 nitrogen and oxygen atoms in total. The molecule has 3 N–H and O–H groups in total. The molecule has 1 unspecified atom stereocenters. The van der Waals surface area contributed by atoms with Crippen LogP contribution in [0.5, 0.6) is 0 Å². The molecule has 0 radical (unpaired) electrons. The predicted molar refractivity (Wildman–Crippen MR) is 118 cm³/mol. The predicted octanol–water partition coefficient (Wildman–Crippen LogP) is 2.89. The molecule has 2 aromatic heterocycles. The molecule has 8 heteroatoms. The van der Waals surface area contributed by atoms with Gasteiger partial charge in [-0.15, -0.1) is 0 Å². The summed E-state index contributed by atoms with van der Waals surface area (Å²) in [4.78, 5) is 31.7. The Morgan fingerprint density at radius 2 is 1.94 bits per heavy atom. The van der Waals surface area contributed by atoms with Crippen LogP contribution in [0.4, 0.5) is 5.82 Å². The maximum Gasteiger partial charge on any atom is 0.255 e. The number of rotatable bonds is 6. The highest BCUT2D eigenvalue weighted by Gasteiger charge is 2.27. The normalized spacial score (nSPS) is 18.8. The number of hydrogen-bond acceptors (Lipinski definition) is 5. The van der Waals surface area contributed by atoms with Crippen molar-refractivity contribution < 1.29 is 9.59 Å². The third-order valence-corrected chi connectivity index (χ3v) is 6.59. The van der Waals surface area contributed by atoms with Crippen LogP contribution in [0.15, 0.2) is 30.6 Å². The maximum atomic E-state index is 12.7. The van der Waals surface area contributed by atoms with E-state index in [4.69, 9.17) is 5.73 Å². The standard InChI is InChI=1S/C23H32N6O2/c1-16(29-12-4-11-25-29)15-21(30)28-13-9-17(10-14-28)20-8-7-19(22(24)27-20)23(31)26-18-5-2-3-6-18/h4,7-8,11-12,16-18H,2-3,5-6,9-10,13-15H2,1H3,(H2,24,27)(H,26,31). The van der Waals surface area contributed by atoms with E-state index in [2.05, 4.69) is 15.4 Å². The molecule has 1 saturated heterocycles. The lowest BCUT2D eigenvalue weighted by molar-refractivity contribution is -0.133. The van der Waals surface area contributed by atoms with Crippen LogP contribution in [-0.4, -0.2) is 50.6 Å². The van der Waals surface area contributed by atoms with Crippen LogP contribution in [0.3, 0.4) is 0 Å². The summed E-state index contributed by atoms with van der Waals surface area (Å²) in [7, 11) is 0. The van der Waals surface area contributed by atoms with E-state index < -0.39 is 0 Å². The molecule has 1 aliphatic carbocycles. The first-order valence-electron chi connectivity index (χ1n) is 11.4. The summed E-state index contributed by atoms with van der Waals surface area (Å²) < 4.78 is 1.82. The fraction of sp³-hybridized carbons (Fsp3) is 0.565. The topological polar surface area (TPSA) is 106 Å². The van der Waals surface area contributed by atoms with E-state index >= 15 is 0 Å². The zero-order valence-corrected chi connectivity index (χ0v) is 18.2. The van der Waals surface area contributed by atoms with E-state index in [-0.39, 0.29) is 29.8 Å². The number of hydrogen-bond donors (Lipinski definition) is 2. The number of amides is 2. The van der Waals surface area contributed by atoms with Gasteiger partial charge in [0.05, 0.1) is 11.6 Å². The summed E-state index contributed by atoms with van der Waals surface area (Å²) in [6, 6.07) is 5.89. The number of nitrogens with two attached hydrogens (primary N) is 1. The average Bonchev–Trinajstić information content (AvgIpc) is 3.48. The van der Waals surface area contributed by atoms with Gasteiger partial charge in [-0.3, -0.25) is 14.3 Å². The largest absolute Gasteiger partial charge is 0.383 e. The molecular formula is C23H32N6O2. The van der Waals surface area contributed by atoms with Crippen LogP contribution in [0.1, 0.15) is 79.9 Å². The van der Waals surface area contributed by atoms with Crippen molar-refractivity contribution in [2.75, 3.05) is 18.8 Å². The van der Waals surface area contributed by atoms with E-state index in [0.717, 1.165) is 31.4 Å². The van der Waals surface area contributed by atoms with Crippen molar-refractivity contribution in [3.8, 4) is 0 Å². The highest BCUT2D eigenvalue weighted by atomic mass is 16.2. The van der Waals surface area contributed by atoms with Crippen molar-refractivity contribution in [2.24, 2.45) is 0 Å². The first kappa shape index (κ1) is 21.3. The Morgan fingerprint density at radius 3 is 2.58 bits per heavy atom. The number of likely N-dealkylation sites (tertiary alicyclic amines) is 1. The van der Waals surface area contributed by atoms with Crippen LogP contribution >= 0.6 is 0 Å². The molecule has 1 atom stereocenters. The van der Waals surface area contributed by atoms with Crippen LogP contribution < -0.4 is 11.1 Å². The molecule has 166 valence electrons. The van der Waals surface area contributed by atoms with Gasteiger partial charge in [-0.2, -0.15) is 5.10 Å². The van der Waals surface area contributed by atoms with Crippen molar-refractivity contribution in [1.82, 2.24) is 25.0 Å². The third kappa shape index (κ3) is 5.06. The van der Waals surface area contributed by atoms with Gasteiger partial charge >= 0.3 is 0 Å². The molecule has 2 amide bonds. The van der Waals surface area contributed by atoms with Gasteiger partial charge in [0, 0.05) is 49.6 Å². The number of carbonyl (C=O) groups excluding carboxylic acids is 2. The number of carbonyl (C=O) groups is 2. The van der Waals surface area contributed by atoms with Gasteiger partial charge in [-0.25, -0.2) is 4.98 Å². The smallest absolute Gasteiger partial charge is 0.255 e. The molecule has 0 spiro atoms. The SMILES string of the molecule is CC(CC(=O)N1CCC(c2ccc(C(=O)NC3CCCC3)c(N)n2)CC1)n1cccn1. The molecule has 2 aromatic rings. The van der Waals surface area contributed by atoms with Gasteiger partial charge in [0.25, 0.3) is 5.91 Å². The molecule has 1 saturated carbocycles. The van der Waals surface area contributed by atoms with E-state index in [1.54, 1.807) is 12.3 Å². The molecule has 31 heavy (non-hydrogen) atoms. The first-order valence-corrected chi connectivity index (χ1v) is 11.4. The monoisotopic (exact) mass is 424 g/mol. The number of nitrogens with one attached hydrogen (secondary N) is 1. The Kier molecular flexibility index (Phi) is 6.53. The maximum absolute atomic E-state index is 12.7. The van der Waals surface area contributed by atoms with Crippen LogP contribution in [0.2, 0.25) is 0 Å². The van der Waals surface area contributed by atoms with Crippen molar-refractivity contribution in [1.29, 1.82) is 0 Å². The number of nitrogens with zero attached hydrogens (tertiary/aromatic N) is 4. The van der Waals surface area contributed by atoms with E-state index in [1.807, 2.05) is 34.8 Å². The number of pyridine rings is 1. The summed E-state index contributed by atoms with van der Waals surface area (Å²) in [6.07, 6.45) is 10.2. The highest BCUT2D eigenvalue weighted by Crippen LogP contribution is 2.29. The summed E-state index contributed by atoms with van der Waals surface area (Å²) in [5, 5.41) is 7.29. The lowest BCUT2D eigenvalue weighted by Crippen LogP contribution is -2.39. The zero-order valence-electron chi connectivity index (χ0n) is 18.2. The summed E-state index contributed by atoms with van der Waals surface area (Å²) in [5.41, 5.74) is 7.50. The number of piperidine rings is 1. The van der Waals surface area contributed by atoms with Crippen molar-refractivity contribution in [2.45, 2.75) is 69.9 Å². The van der Waals surface area contributed by atoms with Crippen LogP contribution in [0.25, 0.3) is 0 Å². The van der Waals surface area contributed by atoms with Gasteiger partial charge < -0.3 is 16.0 Å². The van der Waals surface area contributed by atoms with Gasteiger partial charge in [-0.1, -0.05) is 12.8 Å². The minimum Gasteiger partial charge on any atom is -0.383 e. The Hall–Kier alpha value is -2.90. The fourth-order valence-electron chi connectivity index (χ4n) is 4.68. The first-order chi connectivity index (χ1) is 15.0. The number of nitrogen functional groups attached to an aromatic ring is 1. The Bertz CT molecular complexity index is 899. The van der Waals surface area contributed by atoms with Gasteiger partial charge in [-0.05, 0) is 50.8 Å². The summed E-state index contributed by atoms with van der Waals surface area (Å²) in [6.45, 7) is 3.43. The second-order valence-corrected chi connectivity index (χ2v) is 8.82. The van der Waals surface area contributed by atoms with E-state index in [9.17, 15) is 9.59 Å². The highest BCUT2D eigenvalue weighted by molar-refractivity contribution is 5.98. The van der Waals surface area contributed by atoms with Crippen molar-refractivity contribution >= 4 is 17.6 Å². The van der Waals surface area contributed by atoms with Crippen molar-refractivity contribution in [3.05, 3.63) is 41.9 Å². The second-order valence-electron chi connectivity index (χ2n) is 8.82. The lowest BCUT2D eigenvalue weighted by Gasteiger charge is -2.32. The molecule has 0 aromatic carbocycles. The molecule has 1 aliphatic heterocycles. The fourth-order valence-corrected chi connectivity index (χ4v) is 4.68. The third-order valence-electron chi connectivity index (χ3n) is 6.59. The average molecular weight is 425 g/mol. The molecule has 2 fully saturated rings. The molecule has 3 heterocycles. The molecular weight excluding hydrogens is 392 g/mol. The van der Waals surface area contributed by atoms with Gasteiger partial charge in [0.1, 0.15) is 5.82 Å². The van der Waals surface area contributed by atoms with Gasteiger partial charge in [0.15, 0.2) is 0 Å².